The number of thiazole rings is 1. The number of nitrogens with zero attached hydrogens (tertiary/aromatic N) is 2. The number of aromatic nitrogens is 1. The summed E-state index contributed by atoms with van der Waals surface area (Å²) in [4.78, 5) is 32.1. The maximum Gasteiger partial charge on any atom is 0.338 e. The van der Waals surface area contributed by atoms with Crippen LogP contribution >= 0.6 is 38.6 Å². The first-order valence-corrected chi connectivity index (χ1v) is 11.5. The van der Waals surface area contributed by atoms with Gasteiger partial charge in [-0.3, -0.25) is 9.36 Å². The Morgan fingerprint density at radius 1 is 1.31 bits per heavy atom. The maximum atomic E-state index is 13.3. The third kappa shape index (κ3) is 3.80. The Morgan fingerprint density at radius 2 is 2.07 bits per heavy atom. The Bertz CT molecular complexity index is 1270. The minimum Gasteiger partial charge on any atom is -0.463 e. The largest absolute Gasteiger partial charge is 0.463 e. The van der Waals surface area contributed by atoms with E-state index in [1.165, 1.54) is 22.7 Å². The van der Waals surface area contributed by atoms with Crippen LogP contribution in [0.4, 0.5) is 0 Å². The third-order valence-corrected chi connectivity index (χ3v) is 6.93. The zero-order valence-electron chi connectivity index (χ0n) is 15.7. The zero-order valence-corrected chi connectivity index (χ0v) is 18.9. The molecule has 0 saturated carbocycles. The number of rotatable bonds is 4. The number of hydrogen-bond acceptors (Lipinski definition) is 6. The Morgan fingerprint density at radius 3 is 2.72 bits per heavy atom. The number of thiophene rings is 1. The van der Waals surface area contributed by atoms with E-state index in [9.17, 15) is 9.59 Å². The monoisotopic (exact) mass is 488 g/mol. The molecule has 0 N–H and O–H groups in total. The van der Waals surface area contributed by atoms with Crippen LogP contribution in [0, 0.1) is 0 Å². The zero-order chi connectivity index (χ0) is 20.5. The van der Waals surface area contributed by atoms with Crippen molar-refractivity contribution in [2.75, 3.05) is 6.61 Å². The van der Waals surface area contributed by atoms with Crippen molar-refractivity contribution >= 4 is 50.6 Å². The molecule has 0 saturated heterocycles. The van der Waals surface area contributed by atoms with Gasteiger partial charge in [-0.1, -0.05) is 45.5 Å². The van der Waals surface area contributed by atoms with E-state index in [0.29, 0.717) is 20.6 Å². The molecule has 0 amide bonds. The fourth-order valence-electron chi connectivity index (χ4n) is 3.22. The highest BCUT2D eigenvalue weighted by molar-refractivity contribution is 9.10. The van der Waals surface area contributed by atoms with E-state index in [0.717, 1.165) is 14.9 Å². The SMILES string of the molecule is CCOC(=O)C1=C(C)N=c2s/c(=C/c3ccc(Br)cc3)c(=O)n2[C@@H]1c1cccs1. The third-order valence-electron chi connectivity index (χ3n) is 4.50. The van der Waals surface area contributed by atoms with Gasteiger partial charge in [0.15, 0.2) is 4.80 Å². The van der Waals surface area contributed by atoms with Gasteiger partial charge in [-0.2, -0.15) is 0 Å². The molecule has 29 heavy (non-hydrogen) atoms. The molecule has 3 aromatic rings. The quantitative estimate of drug-likeness (QED) is 0.526. The van der Waals surface area contributed by atoms with Gasteiger partial charge in [0.2, 0.25) is 0 Å². The lowest BCUT2D eigenvalue weighted by Crippen LogP contribution is -2.39. The Kier molecular flexibility index (Phi) is 5.67. The predicted octanol–water partition coefficient (Wildman–Crippen LogP) is 3.62. The van der Waals surface area contributed by atoms with Crippen LogP contribution in [-0.2, 0) is 9.53 Å². The average molecular weight is 489 g/mol. The summed E-state index contributed by atoms with van der Waals surface area (Å²) >= 11 is 6.25. The van der Waals surface area contributed by atoms with Crippen molar-refractivity contribution in [2.24, 2.45) is 4.99 Å². The molecule has 4 rings (SSSR count). The second-order valence-electron chi connectivity index (χ2n) is 6.37. The van der Waals surface area contributed by atoms with Crippen molar-refractivity contribution in [3.05, 3.63) is 87.6 Å². The van der Waals surface area contributed by atoms with Crippen LogP contribution in [0.15, 0.2) is 67.3 Å². The Balaban J connectivity index is 1.93. The van der Waals surface area contributed by atoms with Crippen LogP contribution in [0.5, 0.6) is 0 Å². The normalized spacial score (nSPS) is 16.5. The molecule has 0 aliphatic carbocycles. The van der Waals surface area contributed by atoms with E-state index < -0.39 is 12.0 Å². The van der Waals surface area contributed by atoms with Gasteiger partial charge < -0.3 is 4.74 Å². The van der Waals surface area contributed by atoms with Crippen molar-refractivity contribution in [1.29, 1.82) is 0 Å². The van der Waals surface area contributed by atoms with E-state index in [1.54, 1.807) is 18.4 Å². The van der Waals surface area contributed by atoms with E-state index in [1.807, 2.05) is 47.9 Å². The molecular weight excluding hydrogens is 472 g/mol. The number of ether oxygens (including phenoxy) is 1. The first kappa shape index (κ1) is 20.0. The molecule has 5 nitrogen and oxygen atoms in total. The fourth-order valence-corrected chi connectivity index (χ4v) is 5.35. The first-order chi connectivity index (χ1) is 14.0. The van der Waals surface area contributed by atoms with Gasteiger partial charge in [-0.05, 0) is 49.1 Å². The molecule has 148 valence electrons. The molecule has 8 heteroatoms. The summed E-state index contributed by atoms with van der Waals surface area (Å²) < 4.78 is 8.43. The van der Waals surface area contributed by atoms with Crippen molar-refractivity contribution in [2.45, 2.75) is 19.9 Å². The number of esters is 1. The molecule has 1 aliphatic rings. The van der Waals surface area contributed by atoms with Crippen LogP contribution < -0.4 is 14.9 Å². The molecule has 3 heterocycles. The molecule has 1 aromatic carbocycles. The summed E-state index contributed by atoms with van der Waals surface area (Å²) in [6, 6.07) is 11.1. The summed E-state index contributed by atoms with van der Waals surface area (Å²) in [7, 11) is 0. The van der Waals surface area contributed by atoms with Crippen molar-refractivity contribution in [3.63, 3.8) is 0 Å². The molecule has 2 aromatic heterocycles. The standard InChI is InChI=1S/C21H17BrN2O3S2/c1-3-27-20(26)17-12(2)23-21-24(18(17)15-5-4-10-28-15)19(25)16(29-21)11-13-6-8-14(22)9-7-13/h4-11,18H,3H2,1-2H3/b16-11+/t18-/m1/s1. The lowest BCUT2D eigenvalue weighted by atomic mass is 10.0. The first-order valence-electron chi connectivity index (χ1n) is 8.98. The van der Waals surface area contributed by atoms with E-state index >= 15 is 0 Å². The van der Waals surface area contributed by atoms with E-state index in [2.05, 4.69) is 20.9 Å². The number of allylic oxidation sites excluding steroid dienone is 1. The van der Waals surface area contributed by atoms with Crippen LogP contribution in [0.1, 0.15) is 30.3 Å². The minimum absolute atomic E-state index is 0.163. The fraction of sp³-hybridized carbons (Fsp3) is 0.190. The highest BCUT2D eigenvalue weighted by Gasteiger charge is 2.33. The lowest BCUT2D eigenvalue weighted by Gasteiger charge is -2.23. The smallest absolute Gasteiger partial charge is 0.338 e. The Hall–Kier alpha value is -2.29. The highest BCUT2D eigenvalue weighted by atomic mass is 79.9. The second-order valence-corrected chi connectivity index (χ2v) is 9.27. The summed E-state index contributed by atoms with van der Waals surface area (Å²) in [5, 5.41) is 1.94. The molecule has 0 spiro atoms. The van der Waals surface area contributed by atoms with Crippen LogP contribution in [0.25, 0.3) is 6.08 Å². The second kappa shape index (κ2) is 8.22. The summed E-state index contributed by atoms with van der Waals surface area (Å²) in [6.45, 7) is 3.82. The van der Waals surface area contributed by atoms with Crippen LogP contribution in [-0.4, -0.2) is 17.1 Å². The summed E-state index contributed by atoms with van der Waals surface area (Å²) in [6.07, 6.45) is 1.85. The molecule has 0 radical (unpaired) electrons. The number of carbonyl (C=O) groups is 1. The van der Waals surface area contributed by atoms with Gasteiger partial charge in [0.05, 0.1) is 22.4 Å². The van der Waals surface area contributed by atoms with Gasteiger partial charge in [-0.25, -0.2) is 9.79 Å². The molecule has 1 atom stereocenters. The summed E-state index contributed by atoms with van der Waals surface area (Å²) in [5.41, 5.74) is 1.76. The molecule has 0 bridgehead atoms. The predicted molar refractivity (Wildman–Crippen MR) is 119 cm³/mol. The number of fused-ring (bicyclic) bond motifs is 1. The summed E-state index contributed by atoms with van der Waals surface area (Å²) in [5.74, 6) is -0.436. The lowest BCUT2D eigenvalue weighted by molar-refractivity contribution is -0.139. The molecule has 1 aliphatic heterocycles. The average Bonchev–Trinajstić information content (AvgIpc) is 3.32. The molecule has 0 fully saturated rings. The van der Waals surface area contributed by atoms with Gasteiger partial charge in [0, 0.05) is 9.35 Å². The topological polar surface area (TPSA) is 60.7 Å². The number of carbonyl (C=O) groups excluding carboxylic acids is 1. The van der Waals surface area contributed by atoms with Crippen molar-refractivity contribution in [3.8, 4) is 0 Å². The molecular formula is C21H17BrN2O3S2. The maximum absolute atomic E-state index is 13.3. The van der Waals surface area contributed by atoms with E-state index in [-0.39, 0.29) is 12.2 Å². The Labute approximate surface area is 183 Å². The minimum atomic E-state index is -0.530. The van der Waals surface area contributed by atoms with E-state index in [4.69, 9.17) is 4.74 Å². The van der Waals surface area contributed by atoms with Crippen molar-refractivity contribution < 1.29 is 9.53 Å². The van der Waals surface area contributed by atoms with Crippen LogP contribution in [0.3, 0.4) is 0 Å². The van der Waals surface area contributed by atoms with Gasteiger partial charge >= 0.3 is 5.97 Å². The van der Waals surface area contributed by atoms with Crippen molar-refractivity contribution in [1.82, 2.24) is 4.57 Å². The van der Waals surface area contributed by atoms with Gasteiger partial charge in [0.1, 0.15) is 6.04 Å². The van der Waals surface area contributed by atoms with Crippen LogP contribution in [0.2, 0.25) is 0 Å². The molecule has 0 unspecified atom stereocenters. The van der Waals surface area contributed by atoms with Gasteiger partial charge in [0.25, 0.3) is 5.56 Å². The number of hydrogen-bond donors (Lipinski definition) is 0. The number of benzene rings is 1. The van der Waals surface area contributed by atoms with Gasteiger partial charge in [-0.15, -0.1) is 11.3 Å². The number of halogens is 1. The highest BCUT2D eigenvalue weighted by Crippen LogP contribution is 2.33.